The molecule has 3 heteroatoms. The van der Waals surface area contributed by atoms with E-state index < -0.39 is 0 Å². The summed E-state index contributed by atoms with van der Waals surface area (Å²) in [5.74, 6) is 0. The van der Waals surface area contributed by atoms with Gasteiger partial charge in [0.25, 0.3) is 0 Å². The molecule has 0 amide bonds. The fraction of sp³-hybridized carbons (Fsp3) is 0.278. The summed E-state index contributed by atoms with van der Waals surface area (Å²) >= 11 is 0. The maximum absolute atomic E-state index is 6.07. The van der Waals surface area contributed by atoms with Gasteiger partial charge in [0.2, 0.25) is 0 Å². The number of rotatable bonds is 5. The topological polar surface area (TPSA) is 43.8 Å². The van der Waals surface area contributed by atoms with Crippen LogP contribution in [0.3, 0.4) is 0 Å². The number of hydrogen-bond acceptors (Lipinski definition) is 2. The van der Waals surface area contributed by atoms with Crippen LogP contribution in [0.4, 0.5) is 0 Å². The first-order chi connectivity index (χ1) is 10.3. The Morgan fingerprint density at radius 3 is 2.86 bits per heavy atom. The summed E-state index contributed by atoms with van der Waals surface area (Å²) in [5.41, 5.74) is 9.86. The monoisotopic (exact) mass is 279 g/mol. The summed E-state index contributed by atoms with van der Waals surface area (Å²) in [7, 11) is 0. The van der Waals surface area contributed by atoms with Crippen LogP contribution >= 0.6 is 0 Å². The van der Waals surface area contributed by atoms with Crippen LogP contribution in [0.5, 0.6) is 0 Å². The van der Waals surface area contributed by atoms with E-state index in [-0.39, 0.29) is 6.04 Å². The van der Waals surface area contributed by atoms with Crippen LogP contribution in [0.15, 0.2) is 55.0 Å². The molecule has 3 rings (SSSR count). The minimum Gasteiger partial charge on any atom is -0.343 e. The largest absolute Gasteiger partial charge is 0.343 e. The molecule has 2 aromatic heterocycles. The third kappa shape index (κ3) is 3.14. The quantitative estimate of drug-likeness (QED) is 0.778. The number of nitrogens with zero attached hydrogens (tertiary/aromatic N) is 2. The van der Waals surface area contributed by atoms with Crippen LogP contribution < -0.4 is 5.73 Å². The van der Waals surface area contributed by atoms with E-state index in [9.17, 15) is 0 Å². The van der Waals surface area contributed by atoms with Crippen LogP contribution in [-0.4, -0.2) is 15.6 Å². The lowest BCUT2D eigenvalue weighted by Gasteiger charge is -2.10. The predicted octanol–water partition coefficient (Wildman–Crippen LogP) is 3.36. The molecule has 108 valence electrons. The van der Waals surface area contributed by atoms with Gasteiger partial charge in [0.05, 0.1) is 0 Å². The van der Waals surface area contributed by atoms with Crippen LogP contribution in [0.25, 0.3) is 10.9 Å². The lowest BCUT2D eigenvalue weighted by atomic mass is 10.0. The number of aromatic nitrogens is 2. The van der Waals surface area contributed by atoms with Gasteiger partial charge in [-0.25, -0.2) is 0 Å². The van der Waals surface area contributed by atoms with Crippen molar-refractivity contribution in [3.63, 3.8) is 0 Å². The molecule has 0 fully saturated rings. The fourth-order valence-electron chi connectivity index (χ4n) is 2.63. The summed E-state index contributed by atoms with van der Waals surface area (Å²) in [4.78, 5) is 4.18. The van der Waals surface area contributed by atoms with E-state index in [1.54, 1.807) is 0 Å². The van der Waals surface area contributed by atoms with E-state index >= 15 is 0 Å². The molecule has 1 aromatic carbocycles. The maximum atomic E-state index is 6.07. The zero-order valence-electron chi connectivity index (χ0n) is 12.4. The van der Waals surface area contributed by atoms with Crippen molar-refractivity contribution in [2.75, 3.05) is 0 Å². The minimum absolute atomic E-state index is 0.240. The van der Waals surface area contributed by atoms with Gasteiger partial charge in [-0.2, -0.15) is 0 Å². The van der Waals surface area contributed by atoms with Gasteiger partial charge >= 0.3 is 0 Å². The van der Waals surface area contributed by atoms with Gasteiger partial charge in [-0.3, -0.25) is 4.98 Å². The summed E-state index contributed by atoms with van der Waals surface area (Å²) in [6.45, 7) is 2.98. The molecule has 2 heterocycles. The van der Waals surface area contributed by atoms with E-state index in [2.05, 4.69) is 53.0 Å². The molecule has 0 bridgehead atoms. The van der Waals surface area contributed by atoms with Gasteiger partial charge in [0, 0.05) is 36.7 Å². The first-order valence-electron chi connectivity index (χ1n) is 7.48. The van der Waals surface area contributed by atoms with Crippen molar-refractivity contribution >= 4 is 10.9 Å². The summed E-state index contributed by atoms with van der Waals surface area (Å²) in [6.07, 6.45) is 7.81. The molecular weight excluding hydrogens is 258 g/mol. The van der Waals surface area contributed by atoms with Crippen LogP contribution in [-0.2, 0) is 13.0 Å². The van der Waals surface area contributed by atoms with E-state index in [0.29, 0.717) is 0 Å². The fourth-order valence-corrected chi connectivity index (χ4v) is 2.63. The lowest BCUT2D eigenvalue weighted by Crippen LogP contribution is -2.21. The molecule has 3 aromatic rings. The minimum atomic E-state index is 0.240. The molecule has 0 spiro atoms. The molecule has 0 saturated carbocycles. The summed E-state index contributed by atoms with van der Waals surface area (Å²) in [5, 5.41) is 1.27. The number of hydrogen-bond donors (Lipinski definition) is 1. The second-order valence-corrected chi connectivity index (χ2v) is 5.57. The molecule has 1 unspecified atom stereocenters. The van der Waals surface area contributed by atoms with Crippen LogP contribution in [0.1, 0.15) is 24.5 Å². The maximum Gasteiger partial charge on any atom is 0.0491 e. The second kappa shape index (κ2) is 6.10. The number of pyridine rings is 1. The van der Waals surface area contributed by atoms with Gasteiger partial charge in [-0.15, -0.1) is 0 Å². The highest BCUT2D eigenvalue weighted by Gasteiger charge is 2.06. The first-order valence-corrected chi connectivity index (χ1v) is 7.48. The van der Waals surface area contributed by atoms with E-state index in [1.165, 1.54) is 22.0 Å². The molecule has 0 aliphatic heterocycles. The zero-order valence-corrected chi connectivity index (χ0v) is 12.4. The molecule has 21 heavy (non-hydrogen) atoms. The molecule has 1 atom stereocenters. The van der Waals surface area contributed by atoms with Crippen molar-refractivity contribution in [2.24, 2.45) is 5.73 Å². The number of fused-ring (bicyclic) bond motifs is 1. The molecule has 0 saturated heterocycles. The van der Waals surface area contributed by atoms with Gasteiger partial charge in [-0.1, -0.05) is 25.1 Å². The zero-order chi connectivity index (χ0) is 14.7. The van der Waals surface area contributed by atoms with Crippen LogP contribution in [0.2, 0.25) is 0 Å². The Bertz CT molecular complexity index is 716. The highest BCUT2D eigenvalue weighted by Crippen LogP contribution is 2.20. The Labute approximate surface area is 125 Å². The summed E-state index contributed by atoms with van der Waals surface area (Å²) in [6, 6.07) is 13.1. The van der Waals surface area contributed by atoms with Crippen molar-refractivity contribution < 1.29 is 0 Å². The highest BCUT2D eigenvalue weighted by molar-refractivity contribution is 5.81. The molecule has 2 N–H and O–H groups in total. The van der Waals surface area contributed by atoms with Crippen molar-refractivity contribution in [1.29, 1.82) is 0 Å². The van der Waals surface area contributed by atoms with Crippen molar-refractivity contribution in [2.45, 2.75) is 32.4 Å². The third-order valence-electron chi connectivity index (χ3n) is 3.94. The van der Waals surface area contributed by atoms with Crippen molar-refractivity contribution in [3.05, 3.63) is 66.1 Å². The van der Waals surface area contributed by atoms with Crippen LogP contribution in [0, 0.1) is 0 Å². The smallest absolute Gasteiger partial charge is 0.0491 e. The normalized spacial score (nSPS) is 12.7. The molecular formula is C18H21N3. The van der Waals surface area contributed by atoms with E-state index in [4.69, 9.17) is 5.73 Å². The Kier molecular flexibility index (Phi) is 4.02. The van der Waals surface area contributed by atoms with E-state index in [0.717, 1.165) is 19.4 Å². The standard InChI is InChI=1S/C18H21N3/c1-2-17(19)10-14-5-6-16-7-9-21(18(16)11-14)13-15-4-3-8-20-12-15/h3-9,11-12,17H,2,10,13,19H2,1H3. The van der Waals surface area contributed by atoms with Gasteiger partial charge in [-0.05, 0) is 47.6 Å². The van der Waals surface area contributed by atoms with Gasteiger partial charge in [0.15, 0.2) is 0 Å². The predicted molar refractivity (Wildman–Crippen MR) is 87.2 cm³/mol. The average molecular weight is 279 g/mol. The third-order valence-corrected chi connectivity index (χ3v) is 3.94. The Morgan fingerprint density at radius 1 is 1.19 bits per heavy atom. The molecule has 0 aliphatic carbocycles. The lowest BCUT2D eigenvalue weighted by molar-refractivity contribution is 0.646. The molecule has 0 radical (unpaired) electrons. The SMILES string of the molecule is CCC(N)Cc1ccc2ccn(Cc3cccnc3)c2c1. The van der Waals surface area contributed by atoms with Gasteiger partial charge in [0.1, 0.15) is 0 Å². The molecule has 3 nitrogen and oxygen atoms in total. The molecule has 0 aliphatic rings. The van der Waals surface area contributed by atoms with Gasteiger partial charge < -0.3 is 10.3 Å². The average Bonchev–Trinajstić information content (AvgIpc) is 2.91. The Hall–Kier alpha value is -2.13. The van der Waals surface area contributed by atoms with Crippen molar-refractivity contribution in [3.8, 4) is 0 Å². The number of nitrogens with two attached hydrogens (primary N) is 1. The Balaban J connectivity index is 1.90. The van der Waals surface area contributed by atoms with Crippen molar-refractivity contribution in [1.82, 2.24) is 9.55 Å². The summed E-state index contributed by atoms with van der Waals surface area (Å²) < 4.78 is 2.27. The number of benzene rings is 1. The highest BCUT2D eigenvalue weighted by atomic mass is 15.0. The van der Waals surface area contributed by atoms with E-state index in [1.807, 2.05) is 18.5 Å². The Morgan fingerprint density at radius 2 is 2.10 bits per heavy atom. The first kappa shape index (κ1) is 13.8. The second-order valence-electron chi connectivity index (χ2n) is 5.57.